The number of phenolic OH excluding ortho intramolecular Hbond substituents is 1. The highest BCUT2D eigenvalue weighted by molar-refractivity contribution is 7.80. The van der Waals surface area contributed by atoms with Crippen LogP contribution in [0.15, 0.2) is 89.5 Å². The van der Waals surface area contributed by atoms with E-state index in [9.17, 15) is 5.11 Å². The van der Waals surface area contributed by atoms with E-state index >= 15 is 0 Å². The lowest BCUT2D eigenvalue weighted by Gasteiger charge is -2.26. The van der Waals surface area contributed by atoms with E-state index in [0.29, 0.717) is 23.2 Å². The Labute approximate surface area is 197 Å². The fourth-order valence-corrected chi connectivity index (χ4v) is 4.46. The minimum absolute atomic E-state index is 0.145. The molecule has 4 aromatic rings. The molecule has 1 fully saturated rings. The Bertz CT molecular complexity index is 1260. The number of ether oxygens (including phenoxy) is 1. The maximum atomic E-state index is 10.6. The van der Waals surface area contributed by atoms with Gasteiger partial charge in [-0.1, -0.05) is 18.2 Å². The Balaban J connectivity index is 1.56. The Morgan fingerprint density at radius 2 is 1.82 bits per heavy atom. The van der Waals surface area contributed by atoms with Crippen LogP contribution in [0.5, 0.6) is 11.5 Å². The van der Waals surface area contributed by atoms with Crippen LogP contribution in [0.4, 0.5) is 5.69 Å². The predicted molar refractivity (Wildman–Crippen MR) is 131 cm³/mol. The van der Waals surface area contributed by atoms with Crippen molar-refractivity contribution in [1.29, 1.82) is 0 Å². The van der Waals surface area contributed by atoms with Gasteiger partial charge in [-0.25, -0.2) is 0 Å². The van der Waals surface area contributed by atoms with Crippen LogP contribution in [0.1, 0.15) is 30.5 Å². The van der Waals surface area contributed by atoms with Crippen LogP contribution in [0.25, 0.3) is 11.3 Å². The van der Waals surface area contributed by atoms with E-state index in [1.165, 1.54) is 0 Å². The van der Waals surface area contributed by atoms with Gasteiger partial charge in [-0.3, -0.25) is 4.98 Å². The summed E-state index contributed by atoms with van der Waals surface area (Å²) >= 11 is 5.70. The number of thiocarbonyl (C=S) groups is 1. The number of hydrogen-bond acceptors (Lipinski definition) is 5. The number of nitrogens with one attached hydrogen (secondary N) is 1. The van der Waals surface area contributed by atoms with Gasteiger partial charge in [-0.15, -0.1) is 0 Å². The number of para-hydroxylation sites is 2. The lowest BCUT2D eigenvalue weighted by molar-refractivity contribution is 0.340. The first-order valence-corrected chi connectivity index (χ1v) is 11.2. The van der Waals surface area contributed by atoms with Crippen LogP contribution in [-0.4, -0.2) is 21.8 Å². The number of pyridine rings is 1. The number of nitrogens with zero attached hydrogens (tertiary/aromatic N) is 2. The van der Waals surface area contributed by atoms with Gasteiger partial charge in [0.05, 0.1) is 24.0 Å². The molecule has 1 saturated heterocycles. The number of aromatic nitrogens is 1. The van der Waals surface area contributed by atoms with Crippen molar-refractivity contribution < 1.29 is 14.3 Å². The molecule has 2 N–H and O–H groups in total. The molecular formula is C26H23N3O3S. The second kappa shape index (κ2) is 8.96. The maximum absolute atomic E-state index is 10.6. The second-order valence-electron chi connectivity index (χ2n) is 7.64. The Morgan fingerprint density at radius 1 is 1.03 bits per heavy atom. The predicted octanol–water partition coefficient (Wildman–Crippen LogP) is 5.62. The summed E-state index contributed by atoms with van der Waals surface area (Å²) in [6.07, 6.45) is 1.76. The van der Waals surface area contributed by atoms with E-state index in [0.717, 1.165) is 22.8 Å². The minimum atomic E-state index is -0.336. The lowest BCUT2D eigenvalue weighted by Crippen LogP contribution is -2.29. The quantitative estimate of drug-likeness (QED) is 0.364. The van der Waals surface area contributed by atoms with Gasteiger partial charge < -0.3 is 24.5 Å². The third-order valence-electron chi connectivity index (χ3n) is 5.61. The van der Waals surface area contributed by atoms with Crippen molar-refractivity contribution in [3.63, 3.8) is 0 Å². The summed E-state index contributed by atoms with van der Waals surface area (Å²) in [6.45, 7) is 2.58. The van der Waals surface area contributed by atoms with Crippen molar-refractivity contribution in [2.24, 2.45) is 0 Å². The zero-order chi connectivity index (χ0) is 22.8. The third-order valence-corrected chi connectivity index (χ3v) is 5.92. The number of benzene rings is 2. The summed E-state index contributed by atoms with van der Waals surface area (Å²) in [5, 5.41) is 14.4. The van der Waals surface area contributed by atoms with Gasteiger partial charge in [0.25, 0.3) is 0 Å². The van der Waals surface area contributed by atoms with Gasteiger partial charge >= 0.3 is 0 Å². The molecular weight excluding hydrogens is 434 g/mol. The van der Waals surface area contributed by atoms with Gasteiger partial charge in [0.2, 0.25) is 0 Å². The molecule has 2 aromatic carbocycles. The molecule has 1 aliphatic rings. The molecule has 166 valence electrons. The summed E-state index contributed by atoms with van der Waals surface area (Å²) in [5.74, 6) is 2.42. The Hall–Kier alpha value is -3.84. The molecule has 33 heavy (non-hydrogen) atoms. The van der Waals surface area contributed by atoms with E-state index in [2.05, 4.69) is 10.3 Å². The fourth-order valence-electron chi connectivity index (χ4n) is 4.12. The van der Waals surface area contributed by atoms with Crippen molar-refractivity contribution in [2.45, 2.75) is 19.0 Å². The number of furan rings is 1. The number of aromatic hydroxyl groups is 1. The highest BCUT2D eigenvalue weighted by Gasteiger charge is 2.43. The van der Waals surface area contributed by atoms with Gasteiger partial charge in [0.1, 0.15) is 29.1 Å². The van der Waals surface area contributed by atoms with Crippen molar-refractivity contribution in [3.05, 3.63) is 96.5 Å². The van der Waals surface area contributed by atoms with Crippen LogP contribution in [0, 0.1) is 0 Å². The molecule has 0 radical (unpaired) electrons. The van der Waals surface area contributed by atoms with Crippen LogP contribution < -0.4 is 15.0 Å². The summed E-state index contributed by atoms with van der Waals surface area (Å²) in [7, 11) is 0. The van der Waals surface area contributed by atoms with Crippen LogP contribution in [-0.2, 0) is 0 Å². The summed E-state index contributed by atoms with van der Waals surface area (Å²) in [6, 6.07) is 24.0. The molecule has 0 aliphatic carbocycles. The summed E-state index contributed by atoms with van der Waals surface area (Å²) in [4.78, 5) is 6.44. The summed E-state index contributed by atoms with van der Waals surface area (Å²) < 4.78 is 11.9. The first-order chi connectivity index (χ1) is 16.2. The largest absolute Gasteiger partial charge is 0.506 e. The zero-order valence-corrected chi connectivity index (χ0v) is 18.8. The molecule has 5 rings (SSSR count). The Kier molecular flexibility index (Phi) is 5.71. The lowest BCUT2D eigenvalue weighted by atomic mass is 10.0. The van der Waals surface area contributed by atoms with E-state index in [-0.39, 0.29) is 17.8 Å². The standard InChI is InChI=1S/C26H23N3O3S/c1-2-31-18-12-10-17(11-13-18)22-14-15-23(32-22)25-24(19-7-5-6-16-27-19)28-26(33)29(25)20-8-3-4-9-21(20)30/h3-16,24-25,30H,2H2,1H3,(H,28,33)/t24-,25-/m1/s1. The number of phenols is 1. The molecule has 0 bridgehead atoms. The average molecular weight is 458 g/mol. The van der Waals surface area contributed by atoms with Crippen molar-refractivity contribution in [3.8, 4) is 22.8 Å². The SMILES string of the molecule is CCOc1ccc(-c2ccc([C@@H]3[C@@H](c4ccccn4)NC(=S)N3c3ccccc3O)o2)cc1. The van der Waals surface area contributed by atoms with E-state index in [1.54, 1.807) is 18.3 Å². The fraction of sp³-hybridized carbons (Fsp3) is 0.154. The van der Waals surface area contributed by atoms with Crippen molar-refractivity contribution in [2.75, 3.05) is 11.5 Å². The maximum Gasteiger partial charge on any atom is 0.174 e. The third kappa shape index (κ3) is 4.03. The van der Waals surface area contributed by atoms with Crippen molar-refractivity contribution in [1.82, 2.24) is 10.3 Å². The highest BCUT2D eigenvalue weighted by atomic mass is 32.1. The molecule has 2 atom stereocenters. The molecule has 0 spiro atoms. The van der Waals surface area contributed by atoms with Crippen molar-refractivity contribution >= 4 is 23.0 Å². The Morgan fingerprint density at radius 3 is 2.55 bits per heavy atom. The molecule has 2 aromatic heterocycles. The van der Waals surface area contributed by atoms with Gasteiger partial charge in [-0.2, -0.15) is 0 Å². The molecule has 6 nitrogen and oxygen atoms in total. The molecule has 1 aliphatic heterocycles. The first-order valence-electron chi connectivity index (χ1n) is 10.8. The molecule has 0 saturated carbocycles. The van der Waals surface area contributed by atoms with Crippen LogP contribution >= 0.6 is 12.2 Å². The molecule has 3 heterocycles. The van der Waals surface area contributed by atoms with Gasteiger partial charge in [0.15, 0.2) is 5.11 Å². The van der Waals surface area contributed by atoms with E-state index in [1.807, 2.05) is 78.6 Å². The number of rotatable bonds is 6. The highest BCUT2D eigenvalue weighted by Crippen LogP contribution is 2.45. The molecule has 0 amide bonds. The second-order valence-corrected chi connectivity index (χ2v) is 8.03. The monoisotopic (exact) mass is 457 g/mol. The van der Waals surface area contributed by atoms with E-state index < -0.39 is 0 Å². The first kappa shape index (κ1) is 21.0. The minimum Gasteiger partial charge on any atom is -0.506 e. The number of hydrogen-bond donors (Lipinski definition) is 2. The molecule has 7 heteroatoms. The smallest absolute Gasteiger partial charge is 0.174 e. The van der Waals surface area contributed by atoms with Crippen LogP contribution in [0.2, 0.25) is 0 Å². The topological polar surface area (TPSA) is 70.8 Å². The van der Waals surface area contributed by atoms with Gasteiger partial charge in [-0.05, 0) is 79.8 Å². The number of anilines is 1. The normalized spacial score (nSPS) is 17.7. The summed E-state index contributed by atoms with van der Waals surface area (Å²) in [5.41, 5.74) is 2.39. The average Bonchev–Trinajstić information content (AvgIpc) is 3.45. The van der Waals surface area contributed by atoms with Crippen LogP contribution in [0.3, 0.4) is 0 Å². The van der Waals surface area contributed by atoms with E-state index in [4.69, 9.17) is 21.4 Å². The van der Waals surface area contributed by atoms with Gasteiger partial charge in [0, 0.05) is 11.8 Å². The molecule has 0 unspecified atom stereocenters. The zero-order valence-electron chi connectivity index (χ0n) is 18.0.